The van der Waals surface area contributed by atoms with E-state index in [-0.39, 0.29) is 50.0 Å². The van der Waals surface area contributed by atoms with Crippen molar-refractivity contribution in [2.24, 2.45) is 0 Å². The maximum Gasteiger partial charge on any atom is 0.0759 e. The Labute approximate surface area is 187 Å². The molecule has 0 fully saturated rings. The summed E-state index contributed by atoms with van der Waals surface area (Å²) in [7, 11) is 0. The molecule has 0 aliphatic rings. The number of hydrogen-bond donors (Lipinski definition) is 2. The second kappa shape index (κ2) is 8.22. The molecule has 0 amide bonds. The lowest BCUT2D eigenvalue weighted by molar-refractivity contribution is 1.32. The van der Waals surface area contributed by atoms with E-state index in [1.807, 2.05) is 0 Å². The monoisotopic (exact) mass is 522 g/mol. The summed E-state index contributed by atoms with van der Waals surface area (Å²) in [5.74, 6) is 0. The van der Waals surface area contributed by atoms with Gasteiger partial charge in [-0.15, -0.1) is 25.3 Å². The number of rotatable bonds is 2. The average Bonchev–Trinajstić information content (AvgIpc) is 2.54. The van der Waals surface area contributed by atoms with Gasteiger partial charge in [0.1, 0.15) is 0 Å². The highest BCUT2D eigenvalue weighted by Crippen LogP contribution is 2.54. The van der Waals surface area contributed by atoms with Gasteiger partial charge in [-0.2, -0.15) is 0 Å². The van der Waals surface area contributed by atoms with E-state index in [4.69, 9.17) is 92.8 Å². The first-order valence-electron chi connectivity index (χ1n) is 5.37. The van der Waals surface area contributed by atoms with Crippen LogP contribution >= 0.6 is 130 Å². The molecule has 0 radical (unpaired) electrons. The lowest BCUT2D eigenvalue weighted by Gasteiger charge is -2.16. The highest BCUT2D eigenvalue weighted by Gasteiger charge is 2.24. The van der Waals surface area contributed by atoms with Crippen LogP contribution in [0.1, 0.15) is 0 Å². The van der Waals surface area contributed by atoms with E-state index in [0.717, 1.165) is 11.8 Å². The van der Waals surface area contributed by atoms with Crippen LogP contribution in [0, 0.1) is 0 Å². The summed E-state index contributed by atoms with van der Waals surface area (Å²) in [6.07, 6.45) is 0. The van der Waals surface area contributed by atoms with Gasteiger partial charge in [0, 0.05) is 9.79 Å². The third kappa shape index (κ3) is 3.91. The molecule has 23 heavy (non-hydrogen) atoms. The molecule has 0 unspecified atom stereocenters. The van der Waals surface area contributed by atoms with Crippen molar-refractivity contribution < 1.29 is 0 Å². The van der Waals surface area contributed by atoms with E-state index >= 15 is 0 Å². The molecule has 0 nitrogen and oxygen atoms in total. The molecular formula is C12H2Cl8S3. The van der Waals surface area contributed by atoms with Gasteiger partial charge in [0.2, 0.25) is 0 Å². The van der Waals surface area contributed by atoms with Crippen molar-refractivity contribution >= 4 is 130 Å². The fourth-order valence-electron chi connectivity index (χ4n) is 1.48. The van der Waals surface area contributed by atoms with Crippen molar-refractivity contribution in [3.63, 3.8) is 0 Å². The Morgan fingerprint density at radius 2 is 0.652 bits per heavy atom. The molecule has 0 saturated heterocycles. The number of hydrogen-bond acceptors (Lipinski definition) is 3. The van der Waals surface area contributed by atoms with Crippen LogP contribution in [-0.4, -0.2) is 0 Å². The van der Waals surface area contributed by atoms with Gasteiger partial charge >= 0.3 is 0 Å². The molecule has 124 valence electrons. The van der Waals surface area contributed by atoms with Gasteiger partial charge in [-0.05, 0) is 0 Å². The molecule has 0 saturated carbocycles. The first kappa shape index (κ1) is 21.1. The van der Waals surface area contributed by atoms with Crippen LogP contribution in [0.5, 0.6) is 0 Å². The maximum atomic E-state index is 6.23. The Kier molecular flexibility index (Phi) is 7.55. The predicted octanol–water partition coefficient (Wildman–Crippen LogP) is 9.64. The second-order valence-electron chi connectivity index (χ2n) is 3.97. The zero-order valence-corrected chi connectivity index (χ0v) is 19.0. The molecule has 0 heterocycles. The summed E-state index contributed by atoms with van der Waals surface area (Å²) in [5.41, 5.74) is 0. The van der Waals surface area contributed by atoms with Gasteiger partial charge in [-0.3, -0.25) is 0 Å². The molecule has 0 atom stereocenters. The highest BCUT2D eigenvalue weighted by atomic mass is 35.5. The van der Waals surface area contributed by atoms with Crippen molar-refractivity contribution in [3.05, 3.63) is 40.2 Å². The minimum absolute atomic E-state index is 0.155. The molecule has 0 aromatic heterocycles. The minimum atomic E-state index is 0.155. The van der Waals surface area contributed by atoms with Crippen molar-refractivity contribution in [2.45, 2.75) is 19.6 Å². The van der Waals surface area contributed by atoms with E-state index in [9.17, 15) is 0 Å². The zero-order valence-electron chi connectivity index (χ0n) is 10.3. The van der Waals surface area contributed by atoms with Gasteiger partial charge < -0.3 is 0 Å². The third-order valence-corrected chi connectivity index (χ3v) is 9.11. The Bertz CT molecular complexity index is 695. The minimum Gasteiger partial charge on any atom is -0.140 e. The summed E-state index contributed by atoms with van der Waals surface area (Å²) in [6, 6.07) is 0. The highest BCUT2D eigenvalue weighted by molar-refractivity contribution is 7.99. The van der Waals surface area contributed by atoms with Crippen LogP contribution in [0.25, 0.3) is 0 Å². The lowest BCUT2D eigenvalue weighted by atomic mass is 10.3. The normalized spacial score (nSPS) is 11.2. The second-order valence-corrected chi connectivity index (χ2v) is 8.91. The number of halogens is 8. The number of thiol groups is 2. The summed E-state index contributed by atoms with van der Waals surface area (Å²) < 4.78 is 0. The van der Waals surface area contributed by atoms with Crippen LogP contribution in [0.15, 0.2) is 19.6 Å². The zero-order chi connectivity index (χ0) is 17.6. The average molecular weight is 526 g/mol. The summed E-state index contributed by atoms with van der Waals surface area (Å²) >= 11 is 58.7. The predicted molar refractivity (Wildman–Crippen MR) is 112 cm³/mol. The van der Waals surface area contributed by atoms with E-state index in [0.29, 0.717) is 9.79 Å². The molecule has 2 rings (SSSR count). The van der Waals surface area contributed by atoms with Gasteiger partial charge in [0.25, 0.3) is 0 Å². The molecule has 11 heteroatoms. The largest absolute Gasteiger partial charge is 0.140 e. The van der Waals surface area contributed by atoms with Gasteiger partial charge in [-0.1, -0.05) is 105 Å². The molecule has 2 aromatic rings. The molecule has 0 N–H and O–H groups in total. The van der Waals surface area contributed by atoms with Crippen LogP contribution in [-0.2, 0) is 0 Å². The van der Waals surface area contributed by atoms with E-state index in [1.165, 1.54) is 0 Å². The first-order valence-corrected chi connectivity index (χ1v) is 10.1. The molecule has 0 aliphatic heterocycles. The Hall–Kier alpha value is 1.81. The third-order valence-electron chi connectivity index (χ3n) is 2.60. The number of benzene rings is 2. The molecule has 2 aromatic carbocycles. The van der Waals surface area contributed by atoms with Crippen molar-refractivity contribution in [1.82, 2.24) is 0 Å². The van der Waals surface area contributed by atoms with Gasteiger partial charge in [0.15, 0.2) is 0 Å². The SMILES string of the molecule is Sc1c(Cl)c(Cl)c(Sc2c(Cl)c(Cl)c(S)c(Cl)c2Cl)c(Cl)c1Cl. The van der Waals surface area contributed by atoms with Crippen molar-refractivity contribution in [3.8, 4) is 0 Å². The molecule has 0 aliphatic carbocycles. The van der Waals surface area contributed by atoms with Crippen molar-refractivity contribution in [2.75, 3.05) is 0 Å². The van der Waals surface area contributed by atoms with Crippen LogP contribution in [0.2, 0.25) is 40.2 Å². The fourth-order valence-corrected chi connectivity index (χ4v) is 5.56. The topological polar surface area (TPSA) is 0 Å². The van der Waals surface area contributed by atoms with E-state index < -0.39 is 0 Å². The van der Waals surface area contributed by atoms with E-state index in [2.05, 4.69) is 25.3 Å². The summed E-state index contributed by atoms with van der Waals surface area (Å²) in [5, 5.41) is 1.25. The van der Waals surface area contributed by atoms with Gasteiger partial charge in [-0.25, -0.2) is 0 Å². The van der Waals surface area contributed by atoms with Gasteiger partial charge in [0.05, 0.1) is 50.0 Å². The Balaban J connectivity index is 2.71. The molecule has 0 spiro atoms. The lowest BCUT2D eigenvalue weighted by Crippen LogP contribution is -1.88. The smallest absolute Gasteiger partial charge is 0.0759 e. The van der Waals surface area contributed by atoms with Crippen LogP contribution < -0.4 is 0 Å². The fraction of sp³-hybridized carbons (Fsp3) is 0. The van der Waals surface area contributed by atoms with Crippen molar-refractivity contribution in [1.29, 1.82) is 0 Å². The first-order chi connectivity index (χ1) is 10.6. The summed E-state index contributed by atoms with van der Waals surface area (Å²) in [6.45, 7) is 0. The Morgan fingerprint density at radius 3 is 0.870 bits per heavy atom. The van der Waals surface area contributed by atoms with Crippen LogP contribution in [0.3, 0.4) is 0 Å². The quantitative estimate of drug-likeness (QED) is 0.291. The van der Waals surface area contributed by atoms with Crippen LogP contribution in [0.4, 0.5) is 0 Å². The molecule has 0 bridgehead atoms. The Morgan fingerprint density at radius 1 is 0.435 bits per heavy atom. The van der Waals surface area contributed by atoms with E-state index in [1.54, 1.807) is 0 Å². The summed E-state index contributed by atoms with van der Waals surface area (Å²) in [4.78, 5) is 1.24. The maximum absolute atomic E-state index is 6.23. The standard InChI is InChI=1S/C12H2Cl8S3/c13-1-5(17)11(6(18)2(14)9(1)21)23-12-7(19)3(15)10(22)4(16)8(12)20/h21-22H. The molecular weight excluding hydrogens is 524 g/mol.